The summed E-state index contributed by atoms with van der Waals surface area (Å²) in [5, 5.41) is 35.1. The number of carboxylic acids is 2. The summed E-state index contributed by atoms with van der Waals surface area (Å²) >= 11 is 0. The van der Waals surface area contributed by atoms with E-state index in [0.29, 0.717) is 23.5 Å². The summed E-state index contributed by atoms with van der Waals surface area (Å²) in [5.74, 6) is 0.375. The van der Waals surface area contributed by atoms with Crippen molar-refractivity contribution < 1.29 is 34.8 Å². The van der Waals surface area contributed by atoms with E-state index in [4.69, 9.17) is 19.8 Å². The van der Waals surface area contributed by atoms with Crippen molar-refractivity contribution in [2.75, 3.05) is 6.61 Å². The van der Waals surface area contributed by atoms with Gasteiger partial charge in [0.25, 0.3) is 11.9 Å². The monoisotopic (exact) mass is 424 g/mol. The zero-order valence-electron chi connectivity index (χ0n) is 18.3. The molecule has 0 spiro atoms. The second kappa shape index (κ2) is 9.60. The number of aliphatic carboxylic acids is 2. The Morgan fingerprint density at radius 2 is 1.67 bits per heavy atom. The summed E-state index contributed by atoms with van der Waals surface area (Å²) in [6.45, 7) is 4.57. The zero-order valence-corrected chi connectivity index (χ0v) is 18.3. The van der Waals surface area contributed by atoms with E-state index in [0.717, 1.165) is 65.2 Å². The Morgan fingerprint density at radius 1 is 1.07 bits per heavy atom. The zero-order chi connectivity index (χ0) is 22.7. The van der Waals surface area contributed by atoms with Gasteiger partial charge in [-0.1, -0.05) is 18.6 Å². The van der Waals surface area contributed by atoms with Crippen LogP contribution in [0.1, 0.15) is 72.1 Å². The second-order valence-corrected chi connectivity index (χ2v) is 9.51. The molecule has 0 amide bonds. The molecule has 0 aromatic heterocycles. The Hall–Kier alpha value is -1.73. The lowest BCUT2D eigenvalue weighted by atomic mass is 9.47. The summed E-state index contributed by atoms with van der Waals surface area (Å²) in [6.07, 6.45) is 9.45. The van der Waals surface area contributed by atoms with Crippen molar-refractivity contribution in [2.45, 2.75) is 78.2 Å². The summed E-state index contributed by atoms with van der Waals surface area (Å²) in [5.41, 5.74) is 1.11. The van der Waals surface area contributed by atoms with E-state index in [-0.39, 0.29) is 23.5 Å². The molecule has 6 atom stereocenters. The summed E-state index contributed by atoms with van der Waals surface area (Å²) in [4.78, 5) is 30.4. The van der Waals surface area contributed by atoms with Crippen LogP contribution < -0.4 is 0 Å². The highest BCUT2D eigenvalue weighted by molar-refractivity contribution is 5.87. The van der Waals surface area contributed by atoms with E-state index in [1.165, 1.54) is 5.57 Å². The van der Waals surface area contributed by atoms with Crippen molar-refractivity contribution in [2.24, 2.45) is 28.6 Å². The van der Waals surface area contributed by atoms with Gasteiger partial charge in [-0.25, -0.2) is 0 Å². The summed E-state index contributed by atoms with van der Waals surface area (Å²) in [6, 6.07) is 0. The average molecular weight is 425 g/mol. The fourth-order valence-corrected chi connectivity index (χ4v) is 6.50. The Balaban J connectivity index is 0.000000347. The lowest BCUT2D eigenvalue weighted by molar-refractivity contribution is -0.135. The van der Waals surface area contributed by atoms with E-state index >= 15 is 0 Å². The van der Waals surface area contributed by atoms with Gasteiger partial charge >= 0.3 is 0 Å². The fourth-order valence-electron chi connectivity index (χ4n) is 6.50. The van der Waals surface area contributed by atoms with Crippen LogP contribution in [-0.2, 0) is 14.4 Å². The number of hydrogen-bond donors (Lipinski definition) is 4. The van der Waals surface area contributed by atoms with Gasteiger partial charge in [-0.05, 0) is 62.7 Å². The van der Waals surface area contributed by atoms with Crippen molar-refractivity contribution in [3.05, 3.63) is 11.6 Å². The first-order valence-electron chi connectivity index (χ1n) is 10.9. The first-order chi connectivity index (χ1) is 14.0. The number of hydrogen-bond acceptors (Lipinski definition) is 5. The third kappa shape index (κ3) is 4.78. The highest BCUT2D eigenvalue weighted by Crippen LogP contribution is 2.63. The first kappa shape index (κ1) is 24.5. The van der Waals surface area contributed by atoms with Crippen molar-refractivity contribution in [3.8, 4) is 0 Å². The molecule has 30 heavy (non-hydrogen) atoms. The second-order valence-electron chi connectivity index (χ2n) is 9.51. The molecule has 4 N–H and O–H groups in total. The van der Waals surface area contributed by atoms with Crippen molar-refractivity contribution in [1.29, 1.82) is 0 Å². The van der Waals surface area contributed by atoms with Gasteiger partial charge in [0, 0.05) is 31.1 Å². The number of carbonyl (C=O) groups excluding carboxylic acids is 1. The minimum atomic E-state index is -0.833. The van der Waals surface area contributed by atoms with E-state index in [9.17, 15) is 15.0 Å². The van der Waals surface area contributed by atoms with Crippen LogP contribution in [0.3, 0.4) is 0 Å². The molecule has 0 saturated heterocycles. The van der Waals surface area contributed by atoms with Crippen LogP contribution in [0, 0.1) is 28.6 Å². The molecular weight excluding hydrogens is 388 g/mol. The highest BCUT2D eigenvalue weighted by atomic mass is 16.4. The molecule has 0 aromatic rings. The molecule has 0 unspecified atom stereocenters. The van der Waals surface area contributed by atoms with E-state index in [1.807, 2.05) is 0 Å². The topological polar surface area (TPSA) is 132 Å². The molecular formula is C23H36O7. The predicted molar refractivity (Wildman–Crippen MR) is 111 cm³/mol. The number of carbonyl (C=O) groups is 3. The molecule has 7 nitrogen and oxygen atoms in total. The predicted octanol–water partition coefficient (Wildman–Crippen LogP) is 3.03. The molecule has 4 aliphatic carbocycles. The van der Waals surface area contributed by atoms with E-state index in [1.54, 1.807) is 0 Å². The van der Waals surface area contributed by atoms with E-state index < -0.39 is 11.9 Å². The number of Topliss-reactive ketones (excluding diaryl/α,β-unsaturated/α-hetero) is 1. The van der Waals surface area contributed by atoms with Gasteiger partial charge in [-0.2, -0.15) is 0 Å². The molecule has 3 saturated carbocycles. The Kier molecular flexibility index (Phi) is 7.85. The lowest BCUT2D eigenvalue weighted by Crippen LogP contribution is -2.53. The SMILES string of the molecule is CC(=O)O.CC(=O)O.C[C@]12CC[C@H]3[C@@H](CC=C4C[C@@H](O)CC[C@@]43CO)[C@@H]1CCC2=O. The van der Waals surface area contributed by atoms with Crippen LogP contribution in [0.4, 0.5) is 0 Å². The summed E-state index contributed by atoms with van der Waals surface area (Å²) in [7, 11) is 0. The molecule has 0 bridgehead atoms. The fraction of sp³-hybridized carbons (Fsp3) is 0.783. The van der Waals surface area contributed by atoms with Gasteiger partial charge in [0.05, 0.1) is 12.7 Å². The number of carboxylic acid groups (broad SMARTS) is 2. The molecule has 0 aromatic carbocycles. The number of fused-ring (bicyclic) bond motifs is 5. The number of aliphatic hydroxyl groups is 2. The van der Waals surface area contributed by atoms with Gasteiger partial charge < -0.3 is 20.4 Å². The van der Waals surface area contributed by atoms with Crippen molar-refractivity contribution in [3.63, 3.8) is 0 Å². The molecule has 4 rings (SSSR count). The standard InChI is InChI=1S/C19H28O3.2C2H4O2/c1-18-8-7-16-14(15(18)4-5-17(18)22)3-2-12-10-13(21)6-9-19(12,16)11-20;2*1-2(3)4/h2,13-16,20-21H,3-11H2,1H3;2*1H3,(H,3,4)/t13-,14-,15-,16-,18-,19+;;/m0../s1. The van der Waals surface area contributed by atoms with Gasteiger partial charge in [-0.15, -0.1) is 0 Å². The van der Waals surface area contributed by atoms with Crippen molar-refractivity contribution >= 4 is 17.7 Å². The van der Waals surface area contributed by atoms with Gasteiger partial charge in [0.15, 0.2) is 0 Å². The van der Waals surface area contributed by atoms with Gasteiger partial charge in [0.2, 0.25) is 0 Å². The normalized spacial score (nSPS) is 39.0. The molecule has 170 valence electrons. The molecule has 3 fully saturated rings. The molecule has 0 radical (unpaired) electrons. The third-order valence-electron chi connectivity index (χ3n) is 7.79. The maximum absolute atomic E-state index is 12.4. The van der Waals surface area contributed by atoms with Crippen LogP contribution >= 0.6 is 0 Å². The van der Waals surface area contributed by atoms with Gasteiger partial charge in [-0.3, -0.25) is 14.4 Å². The Labute approximate surface area is 178 Å². The number of allylic oxidation sites excluding steroid dienone is 1. The lowest BCUT2D eigenvalue weighted by Gasteiger charge is -2.57. The molecule has 0 heterocycles. The van der Waals surface area contributed by atoms with Crippen LogP contribution in [-0.4, -0.2) is 50.9 Å². The van der Waals surface area contributed by atoms with Crippen LogP contribution in [0.25, 0.3) is 0 Å². The smallest absolute Gasteiger partial charge is 0.300 e. The van der Waals surface area contributed by atoms with Crippen LogP contribution in [0.2, 0.25) is 0 Å². The van der Waals surface area contributed by atoms with E-state index in [2.05, 4.69) is 13.0 Å². The number of aliphatic hydroxyl groups excluding tert-OH is 2. The molecule has 4 aliphatic rings. The van der Waals surface area contributed by atoms with Crippen LogP contribution in [0.15, 0.2) is 11.6 Å². The van der Waals surface area contributed by atoms with Crippen molar-refractivity contribution in [1.82, 2.24) is 0 Å². The van der Waals surface area contributed by atoms with Gasteiger partial charge in [0.1, 0.15) is 5.78 Å². The minimum absolute atomic E-state index is 0.0999. The van der Waals surface area contributed by atoms with Crippen LogP contribution in [0.5, 0.6) is 0 Å². The average Bonchev–Trinajstić information content (AvgIpc) is 2.95. The quantitative estimate of drug-likeness (QED) is 0.476. The number of ketones is 1. The minimum Gasteiger partial charge on any atom is -0.481 e. The third-order valence-corrected chi connectivity index (χ3v) is 7.79. The first-order valence-corrected chi connectivity index (χ1v) is 10.9. The maximum Gasteiger partial charge on any atom is 0.300 e. The molecule has 7 heteroatoms. The molecule has 0 aliphatic heterocycles. The summed E-state index contributed by atoms with van der Waals surface area (Å²) < 4.78 is 0. The highest BCUT2D eigenvalue weighted by Gasteiger charge is 2.59. The Bertz CT molecular complexity index is 680. The maximum atomic E-state index is 12.4. The largest absolute Gasteiger partial charge is 0.481 e. The Morgan fingerprint density at radius 3 is 2.23 bits per heavy atom. The number of rotatable bonds is 1.